The molecule has 0 aliphatic rings. The summed E-state index contributed by atoms with van der Waals surface area (Å²) in [5, 5.41) is 12.4. The van der Waals surface area contributed by atoms with Gasteiger partial charge < -0.3 is 15.8 Å². The van der Waals surface area contributed by atoms with Crippen LogP contribution >= 0.6 is 0 Å². The van der Waals surface area contributed by atoms with Crippen LogP contribution in [0.2, 0.25) is 0 Å². The molecule has 0 spiro atoms. The van der Waals surface area contributed by atoms with Crippen molar-refractivity contribution in [2.24, 2.45) is 0 Å². The molecule has 0 fully saturated rings. The fraction of sp³-hybridized carbons (Fsp3) is 0. The molecule has 1 aromatic carbocycles. The zero-order valence-electron chi connectivity index (χ0n) is 10.8. The molecule has 0 unspecified atom stereocenters. The SMILES string of the molecule is Nc1cc(C(=O)O)cc2cnc3[nH]c4ccncc4c3c12. The van der Waals surface area contributed by atoms with Gasteiger partial charge in [0.1, 0.15) is 5.65 Å². The van der Waals surface area contributed by atoms with Gasteiger partial charge in [-0.3, -0.25) is 4.98 Å². The van der Waals surface area contributed by atoms with Crippen LogP contribution in [-0.4, -0.2) is 26.0 Å². The summed E-state index contributed by atoms with van der Waals surface area (Å²) >= 11 is 0. The molecule has 102 valence electrons. The molecule has 3 aromatic heterocycles. The third-order valence-electron chi connectivity index (χ3n) is 3.61. The Kier molecular flexibility index (Phi) is 2.18. The van der Waals surface area contributed by atoms with Gasteiger partial charge in [-0.05, 0) is 18.2 Å². The van der Waals surface area contributed by atoms with Gasteiger partial charge in [-0.25, -0.2) is 9.78 Å². The summed E-state index contributed by atoms with van der Waals surface area (Å²) in [6.07, 6.45) is 5.08. The van der Waals surface area contributed by atoms with Gasteiger partial charge in [0.15, 0.2) is 0 Å². The average molecular weight is 278 g/mol. The van der Waals surface area contributed by atoms with Crippen molar-refractivity contribution in [3.8, 4) is 0 Å². The number of carbonyl (C=O) groups is 1. The highest BCUT2D eigenvalue weighted by molar-refractivity contribution is 6.22. The van der Waals surface area contributed by atoms with Crippen LogP contribution in [0.1, 0.15) is 10.4 Å². The molecule has 3 heterocycles. The summed E-state index contributed by atoms with van der Waals surface area (Å²) in [5.41, 5.74) is 8.28. The van der Waals surface area contributed by atoms with E-state index in [2.05, 4.69) is 15.0 Å². The van der Waals surface area contributed by atoms with Gasteiger partial charge in [0.25, 0.3) is 0 Å². The monoisotopic (exact) mass is 278 g/mol. The topological polar surface area (TPSA) is 105 Å². The van der Waals surface area contributed by atoms with E-state index in [1.807, 2.05) is 6.07 Å². The number of aromatic carboxylic acids is 1. The van der Waals surface area contributed by atoms with E-state index in [1.54, 1.807) is 24.7 Å². The van der Waals surface area contributed by atoms with Crippen LogP contribution in [-0.2, 0) is 0 Å². The van der Waals surface area contributed by atoms with Crippen LogP contribution in [0.25, 0.3) is 32.7 Å². The van der Waals surface area contributed by atoms with E-state index in [0.717, 1.165) is 21.7 Å². The number of hydrogen-bond acceptors (Lipinski definition) is 4. The Labute approximate surface area is 118 Å². The van der Waals surface area contributed by atoms with E-state index in [0.29, 0.717) is 16.7 Å². The van der Waals surface area contributed by atoms with Gasteiger partial charge in [0.2, 0.25) is 0 Å². The normalized spacial score (nSPS) is 11.4. The quantitative estimate of drug-likeness (QED) is 0.464. The zero-order chi connectivity index (χ0) is 14.6. The van der Waals surface area contributed by atoms with Gasteiger partial charge >= 0.3 is 5.97 Å². The molecule has 4 N–H and O–H groups in total. The first kappa shape index (κ1) is 11.7. The van der Waals surface area contributed by atoms with E-state index >= 15 is 0 Å². The number of hydrogen-bond donors (Lipinski definition) is 3. The van der Waals surface area contributed by atoms with Gasteiger partial charge in [-0.1, -0.05) is 0 Å². The molecule has 21 heavy (non-hydrogen) atoms. The van der Waals surface area contributed by atoms with Crippen molar-refractivity contribution in [3.05, 3.63) is 42.4 Å². The number of anilines is 1. The third-order valence-corrected chi connectivity index (χ3v) is 3.61. The molecule has 6 nitrogen and oxygen atoms in total. The van der Waals surface area contributed by atoms with Crippen LogP contribution in [0.5, 0.6) is 0 Å². The number of fused-ring (bicyclic) bond motifs is 5. The van der Waals surface area contributed by atoms with E-state index < -0.39 is 5.97 Å². The molecule has 0 atom stereocenters. The highest BCUT2D eigenvalue weighted by Crippen LogP contribution is 2.34. The van der Waals surface area contributed by atoms with E-state index in [9.17, 15) is 4.79 Å². The molecule has 0 saturated heterocycles. The lowest BCUT2D eigenvalue weighted by Gasteiger charge is -2.05. The van der Waals surface area contributed by atoms with Crippen molar-refractivity contribution in [1.82, 2.24) is 15.0 Å². The lowest BCUT2D eigenvalue weighted by molar-refractivity contribution is 0.0697. The molecule has 0 radical (unpaired) electrons. The lowest BCUT2D eigenvalue weighted by atomic mass is 10.0. The number of H-pyrrole nitrogens is 1. The first-order valence-corrected chi connectivity index (χ1v) is 6.32. The number of carboxylic acids is 1. The van der Waals surface area contributed by atoms with Crippen LogP contribution < -0.4 is 5.73 Å². The minimum atomic E-state index is -1.01. The fourth-order valence-corrected chi connectivity index (χ4v) is 2.71. The number of pyridine rings is 2. The number of nitrogens with zero attached hydrogens (tertiary/aromatic N) is 2. The predicted molar refractivity (Wildman–Crippen MR) is 80.3 cm³/mol. The van der Waals surface area contributed by atoms with Crippen molar-refractivity contribution in [2.45, 2.75) is 0 Å². The van der Waals surface area contributed by atoms with Crippen LogP contribution in [0.4, 0.5) is 5.69 Å². The number of carboxylic acid groups (broad SMARTS) is 1. The number of aromatic nitrogens is 3. The molecule has 0 saturated carbocycles. The van der Waals surface area contributed by atoms with E-state index in [-0.39, 0.29) is 5.56 Å². The van der Waals surface area contributed by atoms with Gasteiger partial charge in [-0.15, -0.1) is 0 Å². The zero-order valence-corrected chi connectivity index (χ0v) is 10.8. The third kappa shape index (κ3) is 1.56. The second kappa shape index (κ2) is 3.92. The van der Waals surface area contributed by atoms with Gasteiger partial charge in [0, 0.05) is 45.8 Å². The Hall–Kier alpha value is -3.15. The second-order valence-electron chi connectivity index (χ2n) is 4.86. The highest BCUT2D eigenvalue weighted by Gasteiger charge is 2.14. The minimum Gasteiger partial charge on any atom is -0.478 e. The first-order valence-electron chi connectivity index (χ1n) is 6.32. The Bertz CT molecular complexity index is 1040. The summed E-state index contributed by atoms with van der Waals surface area (Å²) in [5.74, 6) is -1.01. The maximum absolute atomic E-state index is 11.1. The van der Waals surface area contributed by atoms with Gasteiger partial charge in [-0.2, -0.15) is 0 Å². The Balaban J connectivity index is 2.25. The second-order valence-corrected chi connectivity index (χ2v) is 4.86. The number of nitrogens with two attached hydrogens (primary N) is 1. The predicted octanol–water partition coefficient (Wildman–Crippen LogP) is 2.54. The highest BCUT2D eigenvalue weighted by atomic mass is 16.4. The molecular weight excluding hydrogens is 268 g/mol. The molecule has 4 rings (SSSR count). The maximum atomic E-state index is 11.1. The van der Waals surface area contributed by atoms with Crippen molar-refractivity contribution in [1.29, 1.82) is 0 Å². The smallest absolute Gasteiger partial charge is 0.335 e. The lowest BCUT2D eigenvalue weighted by Crippen LogP contribution is -1.99. The van der Waals surface area contributed by atoms with E-state index in [4.69, 9.17) is 10.8 Å². The molecule has 0 aliphatic carbocycles. The summed E-state index contributed by atoms with van der Waals surface area (Å²) in [6.45, 7) is 0. The Morgan fingerprint density at radius 2 is 2.10 bits per heavy atom. The minimum absolute atomic E-state index is 0.152. The van der Waals surface area contributed by atoms with Crippen LogP contribution in [0.3, 0.4) is 0 Å². The number of nitrogens with one attached hydrogen (secondary N) is 1. The number of nitrogen functional groups attached to an aromatic ring is 1. The van der Waals surface area contributed by atoms with E-state index in [1.165, 1.54) is 6.07 Å². The van der Waals surface area contributed by atoms with Crippen LogP contribution in [0, 0.1) is 0 Å². The maximum Gasteiger partial charge on any atom is 0.335 e. The largest absolute Gasteiger partial charge is 0.478 e. The molecule has 0 aliphatic heterocycles. The average Bonchev–Trinajstić information content (AvgIpc) is 2.85. The Morgan fingerprint density at radius 3 is 2.90 bits per heavy atom. The van der Waals surface area contributed by atoms with Crippen molar-refractivity contribution in [3.63, 3.8) is 0 Å². The van der Waals surface area contributed by atoms with Crippen molar-refractivity contribution < 1.29 is 9.90 Å². The number of aromatic amines is 1. The standard InChI is InChI=1S/C15H10N4O2/c16-10-4-7(15(20)21)3-8-5-18-14-13(12(8)10)9-6-17-2-1-11(9)19-14/h1-6H,16H2,(H,18,19)(H,20,21). The van der Waals surface area contributed by atoms with Crippen molar-refractivity contribution in [2.75, 3.05) is 5.73 Å². The molecule has 0 amide bonds. The fourth-order valence-electron chi connectivity index (χ4n) is 2.71. The van der Waals surface area contributed by atoms with Gasteiger partial charge in [0.05, 0.1) is 11.1 Å². The summed E-state index contributed by atoms with van der Waals surface area (Å²) in [7, 11) is 0. The Morgan fingerprint density at radius 1 is 1.24 bits per heavy atom. The van der Waals surface area contributed by atoms with Crippen molar-refractivity contribution >= 4 is 44.4 Å². The number of benzene rings is 1. The molecular formula is C15H10N4O2. The molecule has 6 heteroatoms. The van der Waals surface area contributed by atoms with Crippen LogP contribution in [0.15, 0.2) is 36.8 Å². The molecule has 0 bridgehead atoms. The summed E-state index contributed by atoms with van der Waals surface area (Å²) < 4.78 is 0. The molecule has 4 aromatic rings. The number of rotatable bonds is 1. The first-order chi connectivity index (χ1) is 10.1. The summed E-state index contributed by atoms with van der Waals surface area (Å²) in [4.78, 5) is 22.8. The summed E-state index contributed by atoms with van der Waals surface area (Å²) in [6, 6.07) is 4.92.